The normalized spacial score (nSPS) is 10.9. The number of carbonyl (C=O) groups excluding carboxylic acids is 2. The van der Waals surface area contributed by atoms with Crippen LogP contribution in [0.4, 0.5) is 5.69 Å². The Morgan fingerprint density at radius 2 is 1.77 bits per heavy atom. The molecule has 30 heavy (non-hydrogen) atoms. The first-order valence-corrected chi connectivity index (χ1v) is 10.1. The molecule has 2 amide bonds. The van der Waals surface area contributed by atoms with Crippen LogP contribution in [-0.2, 0) is 14.8 Å². The molecule has 0 spiro atoms. The molecule has 0 atom stereocenters. The van der Waals surface area contributed by atoms with Gasteiger partial charge in [0, 0.05) is 0 Å². The molecule has 3 rings (SSSR count). The average Bonchev–Trinajstić information content (AvgIpc) is 3.09. The van der Waals surface area contributed by atoms with Crippen LogP contribution < -0.4 is 21.0 Å². The standard InChI is InChI=1S/C19H17N5O5S/c1-2-9-20-17(25)11-21-18(26)13-5-3-4-6-14(13)24-30(28,29)12-7-8-15-16(10-12)23-19(27)22-15/h1,3-8,10,24H,9,11H2,(H,20,25)(H,21,26)(H2,22,23,27). The third-order valence-electron chi connectivity index (χ3n) is 4.01. The third kappa shape index (κ3) is 4.68. The molecule has 0 bridgehead atoms. The second-order valence-corrected chi connectivity index (χ2v) is 7.78. The summed E-state index contributed by atoms with van der Waals surface area (Å²) in [4.78, 5) is 40.3. The first-order chi connectivity index (χ1) is 14.3. The van der Waals surface area contributed by atoms with Crippen molar-refractivity contribution in [2.24, 2.45) is 0 Å². The van der Waals surface area contributed by atoms with Crippen molar-refractivity contribution >= 4 is 38.6 Å². The Bertz CT molecular complexity index is 1320. The number of imidazole rings is 1. The molecule has 0 unspecified atom stereocenters. The van der Waals surface area contributed by atoms with Crippen LogP contribution in [0.2, 0.25) is 0 Å². The van der Waals surface area contributed by atoms with Gasteiger partial charge in [0.15, 0.2) is 0 Å². The van der Waals surface area contributed by atoms with E-state index in [-0.39, 0.29) is 29.2 Å². The Kier molecular flexibility index (Phi) is 5.89. The van der Waals surface area contributed by atoms with Crippen molar-refractivity contribution in [1.29, 1.82) is 0 Å². The number of amides is 2. The van der Waals surface area contributed by atoms with Crippen LogP contribution in [0.25, 0.3) is 11.0 Å². The number of aromatic amines is 2. The van der Waals surface area contributed by atoms with E-state index in [0.717, 1.165) is 0 Å². The zero-order valence-electron chi connectivity index (χ0n) is 15.5. The van der Waals surface area contributed by atoms with Gasteiger partial charge in [-0.15, -0.1) is 6.42 Å². The summed E-state index contributed by atoms with van der Waals surface area (Å²) in [5.41, 5.74) is 0.387. The van der Waals surface area contributed by atoms with Gasteiger partial charge < -0.3 is 20.6 Å². The minimum Gasteiger partial charge on any atom is -0.344 e. The van der Waals surface area contributed by atoms with Crippen LogP contribution in [0.5, 0.6) is 0 Å². The summed E-state index contributed by atoms with van der Waals surface area (Å²) in [5, 5.41) is 4.80. The van der Waals surface area contributed by atoms with E-state index in [2.05, 4.69) is 31.2 Å². The molecule has 1 aromatic heterocycles. The number of benzene rings is 2. The average molecular weight is 427 g/mol. The molecule has 2 aromatic carbocycles. The molecule has 3 aromatic rings. The topological polar surface area (TPSA) is 153 Å². The fourth-order valence-electron chi connectivity index (χ4n) is 2.62. The van der Waals surface area contributed by atoms with Gasteiger partial charge in [-0.25, -0.2) is 13.2 Å². The lowest BCUT2D eigenvalue weighted by molar-refractivity contribution is -0.119. The largest absolute Gasteiger partial charge is 0.344 e. The van der Waals surface area contributed by atoms with E-state index in [1.54, 1.807) is 12.1 Å². The Morgan fingerprint density at radius 1 is 1.03 bits per heavy atom. The number of nitrogens with one attached hydrogen (secondary N) is 5. The molecule has 0 fully saturated rings. The van der Waals surface area contributed by atoms with E-state index in [1.807, 2.05) is 0 Å². The summed E-state index contributed by atoms with van der Waals surface area (Å²) in [6, 6.07) is 10.0. The lowest BCUT2D eigenvalue weighted by Gasteiger charge is -2.13. The molecule has 5 N–H and O–H groups in total. The first kappa shape index (κ1) is 20.7. The van der Waals surface area contributed by atoms with Gasteiger partial charge in [0.1, 0.15) is 0 Å². The highest BCUT2D eigenvalue weighted by molar-refractivity contribution is 7.92. The second-order valence-electron chi connectivity index (χ2n) is 6.10. The Hall–Kier alpha value is -4.04. The molecule has 10 nitrogen and oxygen atoms in total. The molecule has 11 heteroatoms. The van der Waals surface area contributed by atoms with Crippen molar-refractivity contribution in [3.63, 3.8) is 0 Å². The fourth-order valence-corrected chi connectivity index (χ4v) is 3.73. The van der Waals surface area contributed by atoms with E-state index in [9.17, 15) is 22.8 Å². The minimum absolute atomic E-state index is 0.0293. The number of sulfonamides is 1. The summed E-state index contributed by atoms with van der Waals surface area (Å²) >= 11 is 0. The maximum absolute atomic E-state index is 12.8. The van der Waals surface area contributed by atoms with Crippen molar-refractivity contribution in [3.8, 4) is 12.3 Å². The highest BCUT2D eigenvalue weighted by Crippen LogP contribution is 2.21. The maximum atomic E-state index is 12.8. The van der Waals surface area contributed by atoms with Gasteiger partial charge in [0.2, 0.25) is 5.91 Å². The zero-order valence-corrected chi connectivity index (χ0v) is 16.3. The molecule has 154 valence electrons. The molecule has 0 aliphatic heterocycles. The highest BCUT2D eigenvalue weighted by atomic mass is 32.2. The number of aromatic nitrogens is 2. The number of H-pyrrole nitrogens is 2. The van der Waals surface area contributed by atoms with E-state index in [4.69, 9.17) is 6.42 Å². The Balaban J connectivity index is 1.80. The van der Waals surface area contributed by atoms with Crippen LogP contribution in [-0.4, -0.2) is 43.3 Å². The monoisotopic (exact) mass is 427 g/mol. The minimum atomic E-state index is -4.06. The van der Waals surface area contributed by atoms with Gasteiger partial charge in [0.25, 0.3) is 15.9 Å². The lowest BCUT2D eigenvalue weighted by atomic mass is 10.1. The summed E-state index contributed by atoms with van der Waals surface area (Å²) in [7, 11) is -4.06. The Labute approximate surface area is 171 Å². The molecular formula is C19H17N5O5S. The van der Waals surface area contributed by atoms with Crippen molar-refractivity contribution in [1.82, 2.24) is 20.6 Å². The van der Waals surface area contributed by atoms with E-state index >= 15 is 0 Å². The number of carbonyl (C=O) groups is 2. The van der Waals surface area contributed by atoms with Gasteiger partial charge in [0.05, 0.1) is 40.3 Å². The van der Waals surface area contributed by atoms with Crippen molar-refractivity contribution < 1.29 is 18.0 Å². The smallest absolute Gasteiger partial charge is 0.323 e. The van der Waals surface area contributed by atoms with Crippen molar-refractivity contribution in [2.45, 2.75) is 4.90 Å². The number of anilines is 1. The lowest BCUT2D eigenvalue weighted by Crippen LogP contribution is -2.37. The molecule has 0 saturated carbocycles. The zero-order chi connectivity index (χ0) is 21.7. The number of terminal acetylenes is 1. The quantitative estimate of drug-likeness (QED) is 0.340. The summed E-state index contributed by atoms with van der Waals surface area (Å²) in [6.45, 7) is -0.291. The Morgan fingerprint density at radius 3 is 2.53 bits per heavy atom. The van der Waals surface area contributed by atoms with Crippen LogP contribution in [0.3, 0.4) is 0 Å². The molecule has 1 heterocycles. The predicted molar refractivity (Wildman–Crippen MR) is 110 cm³/mol. The van der Waals surface area contributed by atoms with E-state index in [0.29, 0.717) is 11.0 Å². The number of fused-ring (bicyclic) bond motifs is 1. The number of hydrogen-bond acceptors (Lipinski definition) is 5. The second kappa shape index (κ2) is 8.54. The molecule has 0 aliphatic rings. The van der Waals surface area contributed by atoms with Gasteiger partial charge in [-0.1, -0.05) is 18.1 Å². The summed E-state index contributed by atoms with van der Waals surface area (Å²) in [6.07, 6.45) is 5.05. The SMILES string of the molecule is C#CCNC(=O)CNC(=O)c1ccccc1NS(=O)(=O)c1ccc2[nH]c(=O)[nH]c2c1. The maximum Gasteiger partial charge on any atom is 0.323 e. The van der Waals surface area contributed by atoms with Gasteiger partial charge in [-0.05, 0) is 30.3 Å². The van der Waals surface area contributed by atoms with Crippen LogP contribution in [0, 0.1) is 12.3 Å². The van der Waals surface area contributed by atoms with Gasteiger partial charge in [-0.2, -0.15) is 0 Å². The summed E-state index contributed by atoms with van der Waals surface area (Å²) < 4.78 is 27.9. The van der Waals surface area contributed by atoms with Crippen molar-refractivity contribution in [2.75, 3.05) is 17.8 Å². The first-order valence-electron chi connectivity index (χ1n) is 8.62. The number of hydrogen-bond donors (Lipinski definition) is 5. The van der Waals surface area contributed by atoms with Crippen LogP contribution >= 0.6 is 0 Å². The van der Waals surface area contributed by atoms with Gasteiger partial charge >= 0.3 is 5.69 Å². The van der Waals surface area contributed by atoms with Crippen LogP contribution in [0.15, 0.2) is 52.2 Å². The predicted octanol–water partition coefficient (Wildman–Crippen LogP) is 0.136. The third-order valence-corrected chi connectivity index (χ3v) is 5.37. The molecule has 0 saturated heterocycles. The van der Waals surface area contributed by atoms with Crippen LogP contribution in [0.1, 0.15) is 10.4 Å². The summed E-state index contributed by atoms with van der Waals surface area (Å²) in [5.74, 6) is 1.12. The molecular weight excluding hydrogens is 410 g/mol. The molecule has 0 aliphatic carbocycles. The number of para-hydroxylation sites is 1. The number of rotatable bonds is 7. The van der Waals surface area contributed by atoms with Gasteiger partial charge in [-0.3, -0.25) is 14.3 Å². The molecule has 0 radical (unpaired) electrons. The van der Waals surface area contributed by atoms with Crippen molar-refractivity contribution in [3.05, 3.63) is 58.5 Å². The van der Waals surface area contributed by atoms with E-state index in [1.165, 1.54) is 30.3 Å². The fraction of sp³-hybridized carbons (Fsp3) is 0.105. The highest BCUT2D eigenvalue weighted by Gasteiger charge is 2.19. The van der Waals surface area contributed by atoms with E-state index < -0.39 is 27.5 Å².